The predicted octanol–water partition coefficient (Wildman–Crippen LogP) is 3.60. The Morgan fingerprint density at radius 3 is 2.09 bits per heavy atom. The Kier molecular flexibility index (Phi) is 5.20. The van der Waals surface area contributed by atoms with Gasteiger partial charge in [0.05, 0.1) is 4.90 Å². The quantitative estimate of drug-likeness (QED) is 0.829. The molecule has 7 heteroatoms. The Morgan fingerprint density at radius 1 is 1.00 bits per heavy atom. The summed E-state index contributed by atoms with van der Waals surface area (Å²) in [4.78, 5) is 11.4. The zero-order valence-electron chi connectivity index (χ0n) is 11.8. The Morgan fingerprint density at radius 2 is 1.55 bits per heavy atom. The predicted molar refractivity (Wildman–Crippen MR) is 90.3 cm³/mol. The molecule has 0 heterocycles. The third-order valence-electron chi connectivity index (χ3n) is 2.87. The molecule has 0 aliphatic rings. The van der Waals surface area contributed by atoms with E-state index in [9.17, 15) is 13.2 Å². The molecule has 0 unspecified atom stereocenters. The van der Waals surface area contributed by atoms with E-state index in [1.54, 1.807) is 43.3 Å². The van der Waals surface area contributed by atoms with Gasteiger partial charge in [-0.2, -0.15) is 0 Å². The minimum Gasteiger partial charge on any atom is -0.326 e. The topological polar surface area (TPSA) is 75.3 Å². The summed E-state index contributed by atoms with van der Waals surface area (Å²) < 4.78 is 27.9. The van der Waals surface area contributed by atoms with Crippen LogP contribution in [0.25, 0.3) is 0 Å². The first-order chi connectivity index (χ1) is 10.4. The maximum atomic E-state index is 12.3. The molecule has 1 amide bonds. The van der Waals surface area contributed by atoms with Crippen molar-refractivity contribution in [2.75, 3.05) is 10.0 Å². The normalized spacial score (nSPS) is 11.0. The molecule has 22 heavy (non-hydrogen) atoms. The van der Waals surface area contributed by atoms with E-state index in [1.165, 1.54) is 12.1 Å². The molecule has 0 saturated carbocycles. The van der Waals surface area contributed by atoms with Crippen LogP contribution < -0.4 is 10.0 Å². The average Bonchev–Trinajstić information content (AvgIpc) is 2.50. The van der Waals surface area contributed by atoms with E-state index in [0.29, 0.717) is 17.8 Å². The van der Waals surface area contributed by atoms with Crippen molar-refractivity contribution in [3.63, 3.8) is 0 Å². The first kappa shape index (κ1) is 16.5. The summed E-state index contributed by atoms with van der Waals surface area (Å²) in [7, 11) is -3.65. The fourth-order valence-corrected chi connectivity index (χ4v) is 3.02. The van der Waals surface area contributed by atoms with E-state index < -0.39 is 10.0 Å². The summed E-state index contributed by atoms with van der Waals surface area (Å²) in [6.07, 6.45) is 0.366. The van der Waals surface area contributed by atoms with Crippen LogP contribution in [0.3, 0.4) is 0 Å². The highest BCUT2D eigenvalue weighted by atomic mass is 79.9. The van der Waals surface area contributed by atoms with Gasteiger partial charge in [0.15, 0.2) is 0 Å². The Hall–Kier alpha value is -1.86. The van der Waals surface area contributed by atoms with Crippen molar-refractivity contribution < 1.29 is 13.2 Å². The SMILES string of the molecule is CCC(=O)Nc1ccc(S(=O)(=O)Nc2ccc(Br)cc2)cc1. The van der Waals surface area contributed by atoms with Gasteiger partial charge in [0.2, 0.25) is 5.91 Å². The molecule has 2 rings (SSSR count). The van der Waals surface area contributed by atoms with Crippen LogP contribution in [0.4, 0.5) is 11.4 Å². The summed E-state index contributed by atoms with van der Waals surface area (Å²) in [6, 6.07) is 12.9. The number of carbonyl (C=O) groups is 1. The third-order valence-corrected chi connectivity index (χ3v) is 4.79. The standard InChI is InChI=1S/C15H15BrN2O3S/c1-2-15(19)17-12-7-9-14(10-8-12)22(20,21)18-13-5-3-11(16)4-6-13/h3-10,18H,2H2,1H3,(H,17,19). The summed E-state index contributed by atoms with van der Waals surface area (Å²) in [5.74, 6) is -0.122. The third kappa shape index (κ3) is 4.32. The maximum absolute atomic E-state index is 12.3. The second kappa shape index (κ2) is 6.93. The number of benzene rings is 2. The van der Waals surface area contributed by atoms with Gasteiger partial charge in [-0.15, -0.1) is 0 Å². The number of halogens is 1. The number of carbonyl (C=O) groups excluding carboxylic acids is 1. The largest absolute Gasteiger partial charge is 0.326 e. The van der Waals surface area contributed by atoms with Crippen LogP contribution in [0.5, 0.6) is 0 Å². The highest BCUT2D eigenvalue weighted by molar-refractivity contribution is 9.10. The minimum atomic E-state index is -3.65. The fraction of sp³-hybridized carbons (Fsp3) is 0.133. The van der Waals surface area contributed by atoms with Crippen molar-refractivity contribution in [2.24, 2.45) is 0 Å². The van der Waals surface area contributed by atoms with Gasteiger partial charge in [-0.05, 0) is 48.5 Å². The van der Waals surface area contributed by atoms with E-state index in [-0.39, 0.29) is 10.8 Å². The lowest BCUT2D eigenvalue weighted by atomic mass is 10.3. The lowest BCUT2D eigenvalue weighted by molar-refractivity contribution is -0.115. The molecule has 5 nitrogen and oxygen atoms in total. The molecule has 116 valence electrons. The van der Waals surface area contributed by atoms with Crippen molar-refractivity contribution in [3.8, 4) is 0 Å². The molecule has 0 radical (unpaired) electrons. The molecular weight excluding hydrogens is 368 g/mol. The number of sulfonamides is 1. The van der Waals surface area contributed by atoms with Gasteiger partial charge >= 0.3 is 0 Å². The summed E-state index contributed by atoms with van der Waals surface area (Å²) >= 11 is 3.29. The van der Waals surface area contributed by atoms with E-state index in [2.05, 4.69) is 26.0 Å². The molecule has 2 aromatic rings. The van der Waals surface area contributed by atoms with Gasteiger partial charge in [0.1, 0.15) is 0 Å². The molecule has 2 aromatic carbocycles. The molecule has 0 atom stereocenters. The van der Waals surface area contributed by atoms with Crippen LogP contribution in [-0.2, 0) is 14.8 Å². The lowest BCUT2D eigenvalue weighted by Gasteiger charge is -2.09. The molecule has 0 spiro atoms. The van der Waals surface area contributed by atoms with Gasteiger partial charge < -0.3 is 5.32 Å². The van der Waals surface area contributed by atoms with Crippen LogP contribution in [-0.4, -0.2) is 14.3 Å². The first-order valence-electron chi connectivity index (χ1n) is 6.59. The van der Waals surface area contributed by atoms with Crippen LogP contribution in [0.1, 0.15) is 13.3 Å². The van der Waals surface area contributed by atoms with Crippen molar-refractivity contribution in [1.29, 1.82) is 0 Å². The Bertz CT molecular complexity index is 756. The van der Waals surface area contributed by atoms with E-state index in [4.69, 9.17) is 0 Å². The van der Waals surface area contributed by atoms with E-state index in [0.717, 1.165) is 4.47 Å². The van der Waals surface area contributed by atoms with Gasteiger partial charge in [-0.3, -0.25) is 9.52 Å². The smallest absolute Gasteiger partial charge is 0.261 e. The molecular formula is C15H15BrN2O3S. The lowest BCUT2D eigenvalue weighted by Crippen LogP contribution is -2.13. The van der Waals surface area contributed by atoms with Gasteiger partial charge in [-0.25, -0.2) is 8.42 Å². The van der Waals surface area contributed by atoms with Crippen molar-refractivity contribution >= 4 is 43.2 Å². The van der Waals surface area contributed by atoms with Crippen molar-refractivity contribution in [2.45, 2.75) is 18.2 Å². The number of hydrogen-bond acceptors (Lipinski definition) is 3. The molecule has 0 aliphatic heterocycles. The molecule has 2 N–H and O–H groups in total. The summed E-state index contributed by atoms with van der Waals surface area (Å²) in [5, 5.41) is 2.67. The highest BCUT2D eigenvalue weighted by Gasteiger charge is 2.14. The number of anilines is 2. The summed E-state index contributed by atoms with van der Waals surface area (Å²) in [5.41, 5.74) is 1.04. The average molecular weight is 383 g/mol. The van der Waals surface area contributed by atoms with E-state index in [1.807, 2.05) is 0 Å². The number of nitrogens with one attached hydrogen (secondary N) is 2. The first-order valence-corrected chi connectivity index (χ1v) is 8.86. The van der Waals surface area contributed by atoms with Crippen molar-refractivity contribution in [1.82, 2.24) is 0 Å². The van der Waals surface area contributed by atoms with Crippen LogP contribution in [0, 0.1) is 0 Å². The molecule has 0 aromatic heterocycles. The molecule has 0 fully saturated rings. The van der Waals surface area contributed by atoms with E-state index >= 15 is 0 Å². The summed E-state index contributed by atoms with van der Waals surface area (Å²) in [6.45, 7) is 1.75. The number of rotatable bonds is 5. The fourth-order valence-electron chi connectivity index (χ4n) is 1.70. The molecule has 0 aliphatic carbocycles. The van der Waals surface area contributed by atoms with Crippen LogP contribution in [0.15, 0.2) is 57.9 Å². The van der Waals surface area contributed by atoms with Gasteiger partial charge in [-0.1, -0.05) is 22.9 Å². The number of hydrogen-bond donors (Lipinski definition) is 2. The zero-order chi connectivity index (χ0) is 16.2. The second-order valence-corrected chi connectivity index (χ2v) is 7.14. The Balaban J connectivity index is 2.15. The molecule has 0 saturated heterocycles. The van der Waals surface area contributed by atoms with Gasteiger partial charge in [0, 0.05) is 22.3 Å². The van der Waals surface area contributed by atoms with Crippen LogP contribution >= 0.6 is 15.9 Å². The van der Waals surface area contributed by atoms with Gasteiger partial charge in [0.25, 0.3) is 10.0 Å². The van der Waals surface area contributed by atoms with Crippen molar-refractivity contribution in [3.05, 3.63) is 53.0 Å². The highest BCUT2D eigenvalue weighted by Crippen LogP contribution is 2.20. The maximum Gasteiger partial charge on any atom is 0.261 e. The second-order valence-electron chi connectivity index (χ2n) is 4.54. The monoisotopic (exact) mass is 382 g/mol. The van der Waals surface area contributed by atoms with Crippen LogP contribution in [0.2, 0.25) is 0 Å². The number of amides is 1. The molecule has 0 bridgehead atoms. The zero-order valence-corrected chi connectivity index (χ0v) is 14.2. The minimum absolute atomic E-state index is 0.122. The Labute approximate surface area is 137 Å².